The molecule has 2 unspecified atom stereocenters. The molecule has 2 aliphatic heterocycles. The molecule has 2 saturated heterocycles. The maximum absolute atomic E-state index is 6.16. The van der Waals surface area contributed by atoms with Crippen LogP contribution >= 0.6 is 24.0 Å². The van der Waals surface area contributed by atoms with E-state index in [-0.39, 0.29) is 30.1 Å². The van der Waals surface area contributed by atoms with E-state index < -0.39 is 0 Å². The highest BCUT2D eigenvalue weighted by Crippen LogP contribution is 2.33. The molecule has 0 radical (unpaired) electrons. The lowest BCUT2D eigenvalue weighted by molar-refractivity contribution is -0.0265. The Hall–Kier alpha value is -0.860. The van der Waals surface area contributed by atoms with Crippen LogP contribution in [0, 0.1) is 18.8 Å². The molecular formula is C24H41IN4O. The lowest BCUT2D eigenvalue weighted by Crippen LogP contribution is -2.45. The standard InChI is InChI=1S/C24H40N4O.HI/c1-4-13-28-14-11-20(12-15-28)17-26-24(25-3)27-18-22-6-5-16-29-23(22)21-9-7-19(2)8-10-21;/h7-10,20,22-23H,4-6,11-18H2,1-3H3,(H2,25,26,27);1H. The Balaban J connectivity index is 0.00000320. The molecule has 0 saturated carbocycles. The van der Waals surface area contributed by atoms with Crippen LogP contribution in [-0.2, 0) is 4.74 Å². The number of nitrogens with zero attached hydrogens (tertiary/aromatic N) is 2. The summed E-state index contributed by atoms with van der Waals surface area (Å²) in [4.78, 5) is 7.05. The van der Waals surface area contributed by atoms with Crippen molar-refractivity contribution in [3.05, 3.63) is 35.4 Å². The van der Waals surface area contributed by atoms with Gasteiger partial charge in [-0.15, -0.1) is 24.0 Å². The molecule has 6 heteroatoms. The van der Waals surface area contributed by atoms with Crippen molar-refractivity contribution >= 4 is 29.9 Å². The van der Waals surface area contributed by atoms with Gasteiger partial charge in [0.15, 0.2) is 5.96 Å². The van der Waals surface area contributed by atoms with Gasteiger partial charge in [0.1, 0.15) is 0 Å². The number of hydrogen-bond donors (Lipinski definition) is 2. The van der Waals surface area contributed by atoms with E-state index in [0.717, 1.165) is 38.0 Å². The number of nitrogens with one attached hydrogen (secondary N) is 2. The molecule has 1 aromatic rings. The zero-order chi connectivity index (χ0) is 20.5. The number of benzene rings is 1. The third-order valence-electron chi connectivity index (χ3n) is 6.41. The lowest BCUT2D eigenvalue weighted by Gasteiger charge is -2.33. The normalized spacial score (nSPS) is 23.6. The van der Waals surface area contributed by atoms with Gasteiger partial charge in [-0.1, -0.05) is 36.8 Å². The molecule has 2 aliphatic rings. The maximum atomic E-state index is 6.16. The SMILES string of the molecule is CCCN1CCC(CNC(=NC)NCC2CCCOC2c2ccc(C)cc2)CC1.I. The van der Waals surface area contributed by atoms with Gasteiger partial charge in [0.25, 0.3) is 0 Å². The Morgan fingerprint density at radius 1 is 1.10 bits per heavy atom. The van der Waals surface area contributed by atoms with Crippen molar-refractivity contribution in [1.29, 1.82) is 0 Å². The first-order chi connectivity index (χ1) is 14.2. The molecule has 2 atom stereocenters. The minimum Gasteiger partial charge on any atom is -0.373 e. The van der Waals surface area contributed by atoms with E-state index >= 15 is 0 Å². The monoisotopic (exact) mass is 528 g/mol. The third kappa shape index (κ3) is 7.68. The minimum absolute atomic E-state index is 0. The molecule has 1 aromatic carbocycles. The number of piperidine rings is 1. The summed E-state index contributed by atoms with van der Waals surface area (Å²) in [5.74, 6) is 2.15. The van der Waals surface area contributed by atoms with Crippen LogP contribution in [0.15, 0.2) is 29.3 Å². The first-order valence-electron chi connectivity index (χ1n) is 11.5. The van der Waals surface area contributed by atoms with Gasteiger partial charge in [0.05, 0.1) is 6.10 Å². The van der Waals surface area contributed by atoms with Crippen LogP contribution < -0.4 is 10.6 Å². The van der Waals surface area contributed by atoms with E-state index in [0.29, 0.717) is 5.92 Å². The molecule has 0 aliphatic carbocycles. The van der Waals surface area contributed by atoms with Crippen LogP contribution in [0.5, 0.6) is 0 Å². The first kappa shape index (κ1) is 25.4. The Kier molecular flexibility index (Phi) is 11.5. The highest BCUT2D eigenvalue weighted by Gasteiger charge is 2.27. The number of likely N-dealkylation sites (tertiary alicyclic amines) is 1. The number of aliphatic imine (C=N–C) groups is 1. The molecule has 170 valence electrons. The minimum atomic E-state index is 0. The second-order valence-electron chi connectivity index (χ2n) is 8.72. The van der Waals surface area contributed by atoms with E-state index in [4.69, 9.17) is 4.74 Å². The van der Waals surface area contributed by atoms with Gasteiger partial charge >= 0.3 is 0 Å². The van der Waals surface area contributed by atoms with Gasteiger partial charge in [-0.3, -0.25) is 4.99 Å². The van der Waals surface area contributed by atoms with E-state index in [9.17, 15) is 0 Å². The van der Waals surface area contributed by atoms with Gasteiger partial charge in [0, 0.05) is 32.7 Å². The highest BCUT2D eigenvalue weighted by molar-refractivity contribution is 14.0. The largest absolute Gasteiger partial charge is 0.373 e. The number of guanidine groups is 1. The topological polar surface area (TPSA) is 48.9 Å². The summed E-state index contributed by atoms with van der Waals surface area (Å²) in [6.45, 7) is 10.9. The fraction of sp³-hybridized carbons (Fsp3) is 0.708. The van der Waals surface area contributed by atoms with Crippen LogP contribution in [0.25, 0.3) is 0 Å². The van der Waals surface area contributed by atoms with Crippen LogP contribution in [0.1, 0.15) is 56.3 Å². The summed E-state index contributed by atoms with van der Waals surface area (Å²) in [5, 5.41) is 7.13. The number of hydrogen-bond acceptors (Lipinski definition) is 3. The molecule has 0 amide bonds. The smallest absolute Gasteiger partial charge is 0.190 e. The number of halogens is 1. The van der Waals surface area contributed by atoms with Crippen molar-refractivity contribution in [3.8, 4) is 0 Å². The summed E-state index contributed by atoms with van der Waals surface area (Å²) in [6, 6.07) is 8.81. The van der Waals surface area contributed by atoms with Crippen LogP contribution in [0.2, 0.25) is 0 Å². The Bertz CT molecular complexity index is 629. The molecule has 0 bridgehead atoms. The molecule has 2 fully saturated rings. The molecule has 2 N–H and O–H groups in total. The van der Waals surface area contributed by atoms with Crippen molar-refractivity contribution in [2.75, 3.05) is 46.4 Å². The second kappa shape index (κ2) is 13.5. The number of ether oxygens (including phenoxy) is 1. The Labute approximate surface area is 200 Å². The molecule has 0 spiro atoms. The van der Waals surface area contributed by atoms with E-state index in [1.54, 1.807) is 0 Å². The maximum Gasteiger partial charge on any atom is 0.190 e. The van der Waals surface area contributed by atoms with Crippen LogP contribution in [0.4, 0.5) is 0 Å². The van der Waals surface area contributed by atoms with Gasteiger partial charge in [-0.25, -0.2) is 0 Å². The fourth-order valence-corrected chi connectivity index (χ4v) is 4.60. The summed E-state index contributed by atoms with van der Waals surface area (Å²) in [5.41, 5.74) is 2.59. The third-order valence-corrected chi connectivity index (χ3v) is 6.41. The van der Waals surface area contributed by atoms with Gasteiger partial charge in [0.2, 0.25) is 0 Å². The zero-order valence-corrected chi connectivity index (χ0v) is 21.4. The first-order valence-corrected chi connectivity index (χ1v) is 11.5. The van der Waals surface area contributed by atoms with Crippen molar-refractivity contribution in [3.63, 3.8) is 0 Å². The van der Waals surface area contributed by atoms with Crippen molar-refractivity contribution < 1.29 is 4.74 Å². The van der Waals surface area contributed by atoms with Crippen molar-refractivity contribution in [2.24, 2.45) is 16.8 Å². The molecule has 30 heavy (non-hydrogen) atoms. The van der Waals surface area contributed by atoms with E-state index in [1.807, 2.05) is 7.05 Å². The van der Waals surface area contributed by atoms with Crippen molar-refractivity contribution in [1.82, 2.24) is 15.5 Å². The summed E-state index contributed by atoms with van der Waals surface area (Å²) >= 11 is 0. The molecule has 5 nitrogen and oxygen atoms in total. The van der Waals surface area contributed by atoms with E-state index in [2.05, 4.69) is 58.6 Å². The van der Waals surface area contributed by atoms with E-state index in [1.165, 1.54) is 56.4 Å². The zero-order valence-electron chi connectivity index (χ0n) is 19.0. The summed E-state index contributed by atoms with van der Waals surface area (Å²) in [6.07, 6.45) is 6.34. The molecule has 0 aromatic heterocycles. The number of rotatable bonds is 7. The average Bonchev–Trinajstić information content (AvgIpc) is 2.76. The predicted molar refractivity (Wildman–Crippen MR) is 137 cm³/mol. The summed E-state index contributed by atoms with van der Waals surface area (Å²) < 4.78 is 6.16. The lowest BCUT2D eigenvalue weighted by atomic mass is 9.89. The Morgan fingerprint density at radius 3 is 2.47 bits per heavy atom. The average molecular weight is 529 g/mol. The summed E-state index contributed by atoms with van der Waals surface area (Å²) in [7, 11) is 1.87. The highest BCUT2D eigenvalue weighted by atomic mass is 127. The van der Waals surface area contributed by atoms with Gasteiger partial charge in [-0.2, -0.15) is 0 Å². The quantitative estimate of drug-likeness (QED) is 0.314. The molecular weight excluding hydrogens is 487 g/mol. The fourth-order valence-electron chi connectivity index (χ4n) is 4.60. The Morgan fingerprint density at radius 2 is 1.80 bits per heavy atom. The number of aryl methyl sites for hydroxylation is 1. The predicted octanol–water partition coefficient (Wildman–Crippen LogP) is 4.37. The van der Waals surface area contributed by atoms with Crippen molar-refractivity contribution in [2.45, 2.75) is 52.1 Å². The van der Waals surface area contributed by atoms with Gasteiger partial charge < -0.3 is 20.3 Å². The second-order valence-corrected chi connectivity index (χ2v) is 8.72. The van der Waals surface area contributed by atoms with Crippen LogP contribution in [0.3, 0.4) is 0 Å². The van der Waals surface area contributed by atoms with Gasteiger partial charge in [-0.05, 0) is 70.1 Å². The molecule has 3 rings (SSSR count). The van der Waals surface area contributed by atoms with Crippen LogP contribution in [-0.4, -0.2) is 57.2 Å². The molecule has 2 heterocycles.